The maximum atomic E-state index is 12.1. The minimum Gasteiger partial charge on any atom is -0.387 e. The first-order valence-corrected chi connectivity index (χ1v) is 6.31. The summed E-state index contributed by atoms with van der Waals surface area (Å²) in [5.74, 6) is 0.498. The number of likely N-dealkylation sites (tertiary alicyclic amines) is 1. The molecule has 1 heterocycles. The summed E-state index contributed by atoms with van der Waals surface area (Å²) in [4.78, 5) is 13.8. The Kier molecular flexibility index (Phi) is 6.23. The largest absolute Gasteiger partial charge is 0.387 e. The van der Waals surface area contributed by atoms with Gasteiger partial charge in [-0.3, -0.25) is 4.79 Å². The quantitative estimate of drug-likeness (QED) is 0.448. The van der Waals surface area contributed by atoms with E-state index in [1.807, 2.05) is 6.07 Å². The smallest absolute Gasteiger partial charge is 0.265 e. The van der Waals surface area contributed by atoms with Crippen molar-refractivity contribution in [2.45, 2.75) is 19.8 Å². The van der Waals surface area contributed by atoms with Gasteiger partial charge in [-0.25, -0.2) is 0 Å². The molecular formula is C13H21N3O2. The predicted molar refractivity (Wildman–Crippen MR) is 68.6 cm³/mol. The van der Waals surface area contributed by atoms with Crippen molar-refractivity contribution < 1.29 is 9.53 Å². The highest BCUT2D eigenvalue weighted by Crippen LogP contribution is 2.17. The number of nitriles is 1. The number of nitrogens with one attached hydrogen (secondary N) is 1. The van der Waals surface area contributed by atoms with Crippen molar-refractivity contribution in [1.29, 1.82) is 5.26 Å². The van der Waals surface area contributed by atoms with Crippen molar-refractivity contribution in [3.63, 3.8) is 0 Å². The Labute approximate surface area is 108 Å². The van der Waals surface area contributed by atoms with Gasteiger partial charge in [-0.1, -0.05) is 6.92 Å². The molecule has 0 atom stereocenters. The van der Waals surface area contributed by atoms with Crippen LogP contribution in [0.15, 0.2) is 11.8 Å². The van der Waals surface area contributed by atoms with Gasteiger partial charge in [0.1, 0.15) is 11.6 Å². The number of amides is 1. The number of nitrogens with zero attached hydrogens (tertiary/aromatic N) is 2. The van der Waals surface area contributed by atoms with Gasteiger partial charge in [0.25, 0.3) is 5.91 Å². The zero-order valence-corrected chi connectivity index (χ0v) is 11.1. The van der Waals surface area contributed by atoms with Crippen molar-refractivity contribution in [2.24, 2.45) is 5.92 Å². The molecule has 1 aliphatic heterocycles. The standard InChI is InChI=1S/C13H21N3O2/c1-11-3-6-16(7-4-11)13(17)12(9-14)10-15-5-8-18-2/h10-11,15H,3-8H2,1-2H3/b12-10-. The van der Waals surface area contributed by atoms with Crippen LogP contribution in [-0.4, -0.2) is 44.2 Å². The second-order valence-corrected chi connectivity index (χ2v) is 4.59. The molecular weight excluding hydrogens is 230 g/mol. The lowest BCUT2D eigenvalue weighted by atomic mass is 9.99. The minimum absolute atomic E-state index is 0.167. The number of hydrogen-bond donors (Lipinski definition) is 1. The maximum absolute atomic E-state index is 12.1. The Morgan fingerprint density at radius 3 is 2.78 bits per heavy atom. The van der Waals surface area contributed by atoms with Crippen molar-refractivity contribution in [3.05, 3.63) is 11.8 Å². The molecule has 0 aromatic rings. The number of carbonyl (C=O) groups is 1. The van der Waals surface area contributed by atoms with E-state index in [0.29, 0.717) is 19.1 Å². The summed E-state index contributed by atoms with van der Waals surface area (Å²) in [5.41, 5.74) is 0.167. The van der Waals surface area contributed by atoms with E-state index in [2.05, 4.69) is 12.2 Å². The third kappa shape index (κ3) is 4.38. The van der Waals surface area contributed by atoms with Crippen LogP contribution in [0.3, 0.4) is 0 Å². The molecule has 0 saturated carbocycles. The second kappa shape index (κ2) is 7.72. The summed E-state index contributed by atoms with van der Waals surface area (Å²) in [6.07, 6.45) is 3.52. The van der Waals surface area contributed by atoms with Gasteiger partial charge in [-0.15, -0.1) is 0 Å². The monoisotopic (exact) mass is 251 g/mol. The first-order valence-electron chi connectivity index (χ1n) is 6.31. The Hall–Kier alpha value is -1.54. The third-order valence-electron chi connectivity index (χ3n) is 3.12. The number of rotatable bonds is 5. The van der Waals surface area contributed by atoms with Crippen LogP contribution in [0.4, 0.5) is 0 Å². The molecule has 0 aromatic heterocycles. The lowest BCUT2D eigenvalue weighted by Crippen LogP contribution is -2.38. The summed E-state index contributed by atoms with van der Waals surface area (Å²) in [6, 6.07) is 1.95. The molecule has 0 spiro atoms. The molecule has 0 aliphatic carbocycles. The summed E-state index contributed by atoms with van der Waals surface area (Å²) in [7, 11) is 1.61. The summed E-state index contributed by atoms with van der Waals surface area (Å²) < 4.78 is 4.88. The zero-order valence-electron chi connectivity index (χ0n) is 11.1. The van der Waals surface area contributed by atoms with Crippen LogP contribution >= 0.6 is 0 Å². The molecule has 100 valence electrons. The molecule has 1 N–H and O–H groups in total. The van der Waals surface area contributed by atoms with Gasteiger partial charge in [0, 0.05) is 32.9 Å². The average Bonchev–Trinajstić information content (AvgIpc) is 2.39. The van der Waals surface area contributed by atoms with E-state index in [-0.39, 0.29) is 11.5 Å². The van der Waals surface area contributed by atoms with Gasteiger partial charge < -0.3 is 15.0 Å². The zero-order chi connectivity index (χ0) is 13.4. The van der Waals surface area contributed by atoms with Crippen molar-refractivity contribution in [1.82, 2.24) is 10.2 Å². The molecule has 1 amide bonds. The molecule has 0 radical (unpaired) electrons. The Morgan fingerprint density at radius 1 is 1.56 bits per heavy atom. The van der Waals surface area contributed by atoms with E-state index in [9.17, 15) is 4.79 Å². The van der Waals surface area contributed by atoms with Crippen molar-refractivity contribution in [3.8, 4) is 6.07 Å². The van der Waals surface area contributed by atoms with Crippen LogP contribution in [0.5, 0.6) is 0 Å². The van der Waals surface area contributed by atoms with Crippen LogP contribution in [-0.2, 0) is 9.53 Å². The number of methoxy groups -OCH3 is 1. The average molecular weight is 251 g/mol. The van der Waals surface area contributed by atoms with Gasteiger partial charge >= 0.3 is 0 Å². The van der Waals surface area contributed by atoms with Gasteiger partial charge in [0.15, 0.2) is 0 Å². The number of ether oxygens (including phenoxy) is 1. The molecule has 5 heteroatoms. The van der Waals surface area contributed by atoms with Crippen LogP contribution < -0.4 is 5.32 Å². The van der Waals surface area contributed by atoms with Gasteiger partial charge in [-0.05, 0) is 18.8 Å². The van der Waals surface area contributed by atoms with E-state index >= 15 is 0 Å². The normalized spacial score (nSPS) is 17.4. The van der Waals surface area contributed by atoms with Gasteiger partial charge in [0.05, 0.1) is 6.61 Å². The summed E-state index contributed by atoms with van der Waals surface area (Å²) in [6.45, 7) is 4.82. The summed E-state index contributed by atoms with van der Waals surface area (Å²) in [5, 5.41) is 11.9. The minimum atomic E-state index is -0.172. The highest BCUT2D eigenvalue weighted by molar-refractivity contribution is 5.97. The van der Waals surface area contributed by atoms with E-state index < -0.39 is 0 Å². The topological polar surface area (TPSA) is 65.4 Å². The van der Waals surface area contributed by atoms with Crippen LogP contribution in [0, 0.1) is 17.2 Å². The molecule has 18 heavy (non-hydrogen) atoms. The van der Waals surface area contributed by atoms with Gasteiger partial charge in [0.2, 0.25) is 0 Å². The fourth-order valence-corrected chi connectivity index (χ4v) is 1.86. The lowest BCUT2D eigenvalue weighted by molar-refractivity contribution is -0.128. The summed E-state index contributed by atoms with van der Waals surface area (Å²) >= 11 is 0. The van der Waals surface area contributed by atoms with E-state index in [0.717, 1.165) is 25.9 Å². The molecule has 1 fully saturated rings. The molecule has 1 rings (SSSR count). The van der Waals surface area contributed by atoms with Crippen LogP contribution in [0.1, 0.15) is 19.8 Å². The Balaban J connectivity index is 2.49. The lowest BCUT2D eigenvalue weighted by Gasteiger charge is -2.30. The molecule has 1 aliphatic rings. The molecule has 0 unspecified atom stereocenters. The fourth-order valence-electron chi connectivity index (χ4n) is 1.86. The van der Waals surface area contributed by atoms with E-state index in [4.69, 9.17) is 10.00 Å². The second-order valence-electron chi connectivity index (χ2n) is 4.59. The highest BCUT2D eigenvalue weighted by Gasteiger charge is 2.22. The molecule has 1 saturated heterocycles. The SMILES string of the molecule is COCCN/C=C(/C#N)C(=O)N1CCC(C)CC1. The third-order valence-corrected chi connectivity index (χ3v) is 3.12. The van der Waals surface area contributed by atoms with Crippen molar-refractivity contribution >= 4 is 5.91 Å². The number of carbonyl (C=O) groups excluding carboxylic acids is 1. The van der Waals surface area contributed by atoms with E-state index in [1.54, 1.807) is 12.0 Å². The molecule has 0 bridgehead atoms. The van der Waals surface area contributed by atoms with E-state index in [1.165, 1.54) is 6.20 Å². The number of piperidine rings is 1. The fraction of sp³-hybridized carbons (Fsp3) is 0.692. The Bertz CT molecular complexity index is 339. The van der Waals surface area contributed by atoms with Crippen molar-refractivity contribution in [2.75, 3.05) is 33.4 Å². The highest BCUT2D eigenvalue weighted by atomic mass is 16.5. The maximum Gasteiger partial charge on any atom is 0.265 e. The first-order chi connectivity index (χ1) is 8.69. The predicted octanol–water partition coefficient (Wildman–Crippen LogP) is 0.888. The molecule has 5 nitrogen and oxygen atoms in total. The number of hydrogen-bond acceptors (Lipinski definition) is 4. The Morgan fingerprint density at radius 2 is 2.22 bits per heavy atom. The van der Waals surface area contributed by atoms with Gasteiger partial charge in [-0.2, -0.15) is 5.26 Å². The van der Waals surface area contributed by atoms with Crippen LogP contribution in [0.25, 0.3) is 0 Å². The molecule has 0 aromatic carbocycles. The van der Waals surface area contributed by atoms with Crippen LogP contribution in [0.2, 0.25) is 0 Å². The first kappa shape index (κ1) is 14.5.